The van der Waals surface area contributed by atoms with Gasteiger partial charge in [-0.3, -0.25) is 5.32 Å². The lowest BCUT2D eigenvalue weighted by atomic mass is 9.90. The lowest BCUT2D eigenvalue weighted by molar-refractivity contribution is -0.0256. The zero-order valence-corrected chi connectivity index (χ0v) is 25.6. The first-order chi connectivity index (χ1) is 20.2. The van der Waals surface area contributed by atoms with E-state index in [9.17, 15) is 0 Å². The summed E-state index contributed by atoms with van der Waals surface area (Å²) >= 11 is 0. The summed E-state index contributed by atoms with van der Waals surface area (Å²) in [6.45, 7) is 12.4. The monoisotopic (exact) mass is 569 g/mol. The summed E-state index contributed by atoms with van der Waals surface area (Å²) in [5, 5.41) is 8.79. The number of nitrogens with zero attached hydrogens (tertiary/aromatic N) is 6. The number of aromatic nitrogens is 4. The second-order valence-electron chi connectivity index (χ2n) is 12.7. The van der Waals surface area contributed by atoms with Crippen LogP contribution in [0.25, 0.3) is 11.2 Å². The highest BCUT2D eigenvalue weighted by Gasteiger charge is 2.31. The van der Waals surface area contributed by atoms with E-state index in [0.717, 1.165) is 79.4 Å². The number of fused-ring (bicyclic) bond motifs is 2. The smallest absolute Gasteiger partial charge is 0.183 e. The highest BCUT2D eigenvalue weighted by Crippen LogP contribution is 2.36. The molecule has 2 aliphatic rings. The van der Waals surface area contributed by atoms with Crippen molar-refractivity contribution in [2.45, 2.75) is 71.1 Å². The molecule has 1 saturated heterocycles. The number of piperidine rings is 1. The van der Waals surface area contributed by atoms with Crippen LogP contribution in [0.3, 0.4) is 0 Å². The van der Waals surface area contributed by atoms with E-state index in [1.807, 2.05) is 23.0 Å². The van der Waals surface area contributed by atoms with Gasteiger partial charge in [0.2, 0.25) is 0 Å². The van der Waals surface area contributed by atoms with E-state index in [0.29, 0.717) is 13.3 Å². The molecule has 0 bridgehead atoms. The van der Waals surface area contributed by atoms with Crippen LogP contribution in [0.15, 0.2) is 54.7 Å². The Kier molecular flexibility index (Phi) is 7.81. The zero-order valence-electron chi connectivity index (χ0n) is 25.6. The molecule has 42 heavy (non-hydrogen) atoms. The first-order valence-corrected chi connectivity index (χ1v) is 15.1. The highest BCUT2D eigenvalue weighted by atomic mass is 16.5. The lowest BCUT2D eigenvalue weighted by Gasteiger charge is -2.41. The second-order valence-corrected chi connectivity index (χ2v) is 12.7. The normalized spacial score (nSPS) is 17.0. The maximum atomic E-state index is 5.94. The third-order valence-corrected chi connectivity index (χ3v) is 8.47. The molecule has 2 aromatic carbocycles. The minimum Gasteiger partial charge on any atom is -0.497 e. The molecule has 2 aliphatic heterocycles. The Labute approximate surface area is 248 Å². The van der Waals surface area contributed by atoms with Crippen LogP contribution in [0.4, 0.5) is 17.3 Å². The molecule has 4 aromatic rings. The summed E-state index contributed by atoms with van der Waals surface area (Å²) in [5.41, 5.74) is 5.23. The van der Waals surface area contributed by atoms with Gasteiger partial charge >= 0.3 is 0 Å². The number of nitrogens with one attached hydrogen (secondary N) is 1. The Bertz CT molecular complexity index is 1520. The van der Waals surface area contributed by atoms with Gasteiger partial charge in [-0.05, 0) is 82.7 Å². The van der Waals surface area contributed by atoms with Crippen LogP contribution in [0.2, 0.25) is 0 Å². The predicted molar refractivity (Wildman–Crippen MR) is 168 cm³/mol. The van der Waals surface area contributed by atoms with Gasteiger partial charge in [0, 0.05) is 30.9 Å². The topological polar surface area (TPSA) is 80.6 Å². The van der Waals surface area contributed by atoms with Crippen molar-refractivity contribution in [2.24, 2.45) is 0 Å². The number of para-hydroxylation sites is 1. The Hall–Kier alpha value is -3.69. The van der Waals surface area contributed by atoms with Crippen molar-refractivity contribution in [1.29, 1.82) is 0 Å². The molecule has 0 unspecified atom stereocenters. The SMILES string of the molecule is COc1ccc(Cn2nc(N3CCCc4ccccc43)c3ncc(N4CCC(C)(NCOC(C)(C)C)CC4)nc32)cc1. The molecule has 0 saturated carbocycles. The van der Waals surface area contributed by atoms with Gasteiger partial charge in [-0.2, -0.15) is 5.10 Å². The third kappa shape index (κ3) is 6.08. The molecule has 0 aliphatic carbocycles. The van der Waals surface area contributed by atoms with E-state index >= 15 is 0 Å². The van der Waals surface area contributed by atoms with Crippen molar-refractivity contribution in [1.82, 2.24) is 25.1 Å². The fraction of sp³-hybridized carbons (Fsp3) is 0.485. The highest BCUT2D eigenvalue weighted by molar-refractivity contribution is 5.88. The first kappa shape index (κ1) is 28.4. The summed E-state index contributed by atoms with van der Waals surface area (Å²) in [5.74, 6) is 2.62. The zero-order chi connectivity index (χ0) is 29.3. The Morgan fingerprint density at radius 1 is 1.00 bits per heavy atom. The fourth-order valence-corrected chi connectivity index (χ4v) is 5.85. The van der Waals surface area contributed by atoms with Crippen LogP contribution in [-0.4, -0.2) is 64.4 Å². The summed E-state index contributed by atoms with van der Waals surface area (Å²) in [6, 6.07) is 16.8. The predicted octanol–water partition coefficient (Wildman–Crippen LogP) is 5.69. The van der Waals surface area contributed by atoms with E-state index < -0.39 is 0 Å². The summed E-state index contributed by atoms with van der Waals surface area (Å²) < 4.78 is 13.3. The van der Waals surface area contributed by atoms with Crippen molar-refractivity contribution in [3.63, 3.8) is 0 Å². The molecule has 1 N–H and O–H groups in total. The van der Waals surface area contributed by atoms with Crippen LogP contribution in [0.5, 0.6) is 5.75 Å². The van der Waals surface area contributed by atoms with Crippen molar-refractivity contribution >= 4 is 28.5 Å². The number of rotatable bonds is 8. The van der Waals surface area contributed by atoms with Crippen LogP contribution in [0, 0.1) is 0 Å². The minimum atomic E-state index is -0.154. The van der Waals surface area contributed by atoms with E-state index in [1.165, 1.54) is 11.3 Å². The van der Waals surface area contributed by atoms with E-state index in [-0.39, 0.29) is 11.1 Å². The van der Waals surface area contributed by atoms with Crippen molar-refractivity contribution < 1.29 is 9.47 Å². The van der Waals surface area contributed by atoms with Gasteiger partial charge in [0.15, 0.2) is 17.0 Å². The van der Waals surface area contributed by atoms with Gasteiger partial charge in [-0.25, -0.2) is 14.6 Å². The second kappa shape index (κ2) is 11.5. The van der Waals surface area contributed by atoms with Gasteiger partial charge in [-0.1, -0.05) is 30.3 Å². The van der Waals surface area contributed by atoms with Gasteiger partial charge in [0.05, 0.1) is 32.2 Å². The lowest BCUT2D eigenvalue weighted by Crippen LogP contribution is -2.52. The molecular formula is C33H43N7O2. The largest absolute Gasteiger partial charge is 0.497 e. The minimum absolute atomic E-state index is 0.0320. The van der Waals surface area contributed by atoms with E-state index in [4.69, 9.17) is 24.5 Å². The maximum Gasteiger partial charge on any atom is 0.183 e. The number of ether oxygens (including phenoxy) is 2. The maximum absolute atomic E-state index is 5.94. The summed E-state index contributed by atoms with van der Waals surface area (Å²) in [4.78, 5) is 14.9. The summed E-state index contributed by atoms with van der Waals surface area (Å²) in [6.07, 6.45) is 6.09. The molecule has 9 nitrogen and oxygen atoms in total. The van der Waals surface area contributed by atoms with Gasteiger partial charge in [-0.15, -0.1) is 0 Å². The molecule has 6 rings (SSSR count). The number of benzene rings is 2. The average molecular weight is 570 g/mol. The van der Waals surface area contributed by atoms with E-state index in [2.05, 4.69) is 79.2 Å². The third-order valence-electron chi connectivity index (χ3n) is 8.47. The molecule has 4 heterocycles. The Morgan fingerprint density at radius 2 is 1.76 bits per heavy atom. The first-order valence-electron chi connectivity index (χ1n) is 15.1. The van der Waals surface area contributed by atoms with Gasteiger partial charge in [0.25, 0.3) is 0 Å². The van der Waals surface area contributed by atoms with Crippen molar-refractivity contribution in [3.05, 3.63) is 65.9 Å². The molecule has 0 radical (unpaired) electrons. The Balaban J connectivity index is 1.29. The number of aryl methyl sites for hydroxylation is 1. The van der Waals surface area contributed by atoms with E-state index in [1.54, 1.807) is 7.11 Å². The number of anilines is 3. The molecule has 9 heteroatoms. The molecule has 0 atom stereocenters. The quantitative estimate of drug-likeness (QED) is 0.271. The van der Waals surface area contributed by atoms with Crippen molar-refractivity contribution in [2.75, 3.05) is 43.3 Å². The molecule has 222 valence electrons. The average Bonchev–Trinajstić information content (AvgIpc) is 3.34. The number of hydrogen-bond donors (Lipinski definition) is 1. The van der Waals surface area contributed by atoms with Gasteiger partial charge in [0.1, 0.15) is 11.6 Å². The van der Waals surface area contributed by atoms with Crippen LogP contribution >= 0.6 is 0 Å². The standard InChI is InChI=1S/C33H43N7O2/c1-32(2,3)42-23-35-33(4)16-19-38(20-17-33)28-21-34-29-30(36-28)40(22-24-12-14-26(41-5)15-13-24)37-31(29)39-18-8-10-25-9-6-7-11-27(25)39/h6-7,9,11-15,21,35H,8,10,16-20,22-23H2,1-5H3. The fourth-order valence-electron chi connectivity index (χ4n) is 5.85. The van der Waals surface area contributed by atoms with Gasteiger partial charge < -0.3 is 19.3 Å². The Morgan fingerprint density at radius 3 is 2.50 bits per heavy atom. The molecule has 2 aromatic heterocycles. The molecular weight excluding hydrogens is 526 g/mol. The molecule has 1 fully saturated rings. The number of methoxy groups -OCH3 is 1. The number of hydrogen-bond acceptors (Lipinski definition) is 8. The summed E-state index contributed by atoms with van der Waals surface area (Å²) in [7, 11) is 1.69. The van der Waals surface area contributed by atoms with Crippen LogP contribution in [-0.2, 0) is 17.7 Å². The van der Waals surface area contributed by atoms with Crippen LogP contribution < -0.4 is 19.9 Å². The molecule has 0 spiro atoms. The van der Waals surface area contributed by atoms with Crippen molar-refractivity contribution in [3.8, 4) is 5.75 Å². The van der Waals surface area contributed by atoms with Crippen LogP contribution in [0.1, 0.15) is 58.1 Å². The molecule has 0 amide bonds.